The van der Waals surface area contributed by atoms with Crippen molar-refractivity contribution in [3.63, 3.8) is 0 Å². The van der Waals surface area contributed by atoms with E-state index in [1.165, 1.54) is 5.56 Å². The second-order valence-corrected chi connectivity index (χ2v) is 5.04. The van der Waals surface area contributed by atoms with Gasteiger partial charge in [-0.15, -0.1) is 0 Å². The van der Waals surface area contributed by atoms with Crippen molar-refractivity contribution in [2.45, 2.75) is 12.8 Å². The van der Waals surface area contributed by atoms with E-state index >= 15 is 0 Å². The second-order valence-electron chi connectivity index (χ2n) is 5.04. The zero-order valence-corrected chi connectivity index (χ0v) is 12.2. The van der Waals surface area contributed by atoms with Gasteiger partial charge in [0.25, 0.3) is 0 Å². The van der Waals surface area contributed by atoms with E-state index in [0.29, 0.717) is 23.7 Å². The number of benzene rings is 2. The number of urea groups is 1. The lowest BCUT2D eigenvalue weighted by atomic mass is 10.1. The molecule has 5 heteroatoms. The maximum atomic E-state index is 11.8. The molecule has 1 heterocycles. The Kier molecular flexibility index (Phi) is 4.44. The molecule has 22 heavy (non-hydrogen) atoms. The molecule has 0 aromatic heterocycles. The van der Waals surface area contributed by atoms with E-state index in [-0.39, 0.29) is 12.8 Å². The summed E-state index contributed by atoms with van der Waals surface area (Å²) in [7, 11) is 0. The van der Waals surface area contributed by atoms with Crippen molar-refractivity contribution >= 4 is 11.7 Å². The van der Waals surface area contributed by atoms with Crippen LogP contribution in [0, 0.1) is 0 Å². The summed E-state index contributed by atoms with van der Waals surface area (Å²) in [5.41, 5.74) is 1.96. The van der Waals surface area contributed by atoms with Crippen LogP contribution in [0.5, 0.6) is 11.5 Å². The van der Waals surface area contributed by atoms with Gasteiger partial charge in [0.05, 0.1) is 0 Å². The van der Waals surface area contributed by atoms with Crippen LogP contribution in [-0.4, -0.2) is 19.4 Å². The van der Waals surface area contributed by atoms with E-state index in [2.05, 4.69) is 22.8 Å². The fourth-order valence-electron chi connectivity index (χ4n) is 2.29. The number of nitrogens with one attached hydrogen (secondary N) is 2. The number of hydrogen-bond donors (Lipinski definition) is 2. The molecule has 2 N–H and O–H groups in total. The maximum absolute atomic E-state index is 11.8. The van der Waals surface area contributed by atoms with Gasteiger partial charge < -0.3 is 20.1 Å². The molecule has 0 unspecified atom stereocenters. The molecule has 1 aliphatic heterocycles. The summed E-state index contributed by atoms with van der Waals surface area (Å²) < 4.78 is 10.5. The number of carbonyl (C=O) groups is 1. The minimum Gasteiger partial charge on any atom is -0.454 e. The summed E-state index contributed by atoms with van der Waals surface area (Å²) in [6, 6.07) is 15.3. The maximum Gasteiger partial charge on any atom is 0.319 e. The first-order valence-electron chi connectivity index (χ1n) is 7.30. The van der Waals surface area contributed by atoms with Gasteiger partial charge in [-0.05, 0) is 30.5 Å². The highest BCUT2D eigenvalue weighted by Crippen LogP contribution is 2.34. The monoisotopic (exact) mass is 298 g/mol. The highest BCUT2D eigenvalue weighted by molar-refractivity contribution is 5.89. The number of amides is 2. The highest BCUT2D eigenvalue weighted by Gasteiger charge is 2.13. The number of fused-ring (bicyclic) bond motifs is 1. The van der Waals surface area contributed by atoms with Gasteiger partial charge in [-0.2, -0.15) is 0 Å². The Labute approximate surface area is 129 Å². The molecule has 1 aliphatic rings. The van der Waals surface area contributed by atoms with Crippen molar-refractivity contribution in [2.24, 2.45) is 0 Å². The molecule has 0 saturated heterocycles. The van der Waals surface area contributed by atoms with Gasteiger partial charge in [-0.25, -0.2) is 4.79 Å². The Balaban J connectivity index is 1.41. The minimum atomic E-state index is -0.216. The molecule has 0 bridgehead atoms. The van der Waals surface area contributed by atoms with Crippen LogP contribution in [0.15, 0.2) is 48.5 Å². The first-order chi connectivity index (χ1) is 10.8. The van der Waals surface area contributed by atoms with E-state index in [4.69, 9.17) is 9.47 Å². The number of hydrogen-bond acceptors (Lipinski definition) is 3. The molecule has 114 valence electrons. The summed E-state index contributed by atoms with van der Waals surface area (Å²) in [6.45, 7) is 0.857. The van der Waals surface area contributed by atoms with E-state index in [1.54, 1.807) is 18.2 Å². The minimum absolute atomic E-state index is 0.216. The van der Waals surface area contributed by atoms with Crippen LogP contribution in [-0.2, 0) is 6.42 Å². The molecule has 0 fully saturated rings. The van der Waals surface area contributed by atoms with Gasteiger partial charge in [-0.3, -0.25) is 0 Å². The van der Waals surface area contributed by atoms with Gasteiger partial charge in [0.2, 0.25) is 6.79 Å². The fraction of sp³-hybridized carbons (Fsp3) is 0.235. The smallest absolute Gasteiger partial charge is 0.319 e. The Hall–Kier alpha value is -2.69. The molecule has 0 atom stereocenters. The van der Waals surface area contributed by atoms with Crippen molar-refractivity contribution in [2.75, 3.05) is 18.7 Å². The Bertz CT molecular complexity index is 644. The van der Waals surface area contributed by atoms with Gasteiger partial charge in [0.15, 0.2) is 11.5 Å². The first kappa shape index (κ1) is 14.3. The largest absolute Gasteiger partial charge is 0.454 e. The standard InChI is InChI=1S/C17H18N2O3/c20-17(18-10-4-7-13-5-2-1-3-6-13)19-14-8-9-15-16(11-14)22-12-21-15/h1-3,5-6,8-9,11H,4,7,10,12H2,(H2,18,19,20). The average Bonchev–Trinajstić information content (AvgIpc) is 3.00. The van der Waals surface area contributed by atoms with Crippen LogP contribution in [0.4, 0.5) is 10.5 Å². The average molecular weight is 298 g/mol. The predicted octanol–water partition coefficient (Wildman–Crippen LogP) is 3.17. The Morgan fingerprint density at radius 2 is 1.86 bits per heavy atom. The predicted molar refractivity (Wildman–Crippen MR) is 84.3 cm³/mol. The molecule has 0 aliphatic carbocycles. The quantitative estimate of drug-likeness (QED) is 0.834. The van der Waals surface area contributed by atoms with Crippen LogP contribution < -0.4 is 20.1 Å². The molecule has 0 saturated carbocycles. The Morgan fingerprint density at radius 3 is 2.73 bits per heavy atom. The van der Waals surface area contributed by atoms with Crippen molar-refractivity contribution in [3.8, 4) is 11.5 Å². The molecule has 2 amide bonds. The number of rotatable bonds is 5. The molecule has 3 rings (SSSR count). The fourth-order valence-corrected chi connectivity index (χ4v) is 2.29. The van der Waals surface area contributed by atoms with Gasteiger partial charge >= 0.3 is 6.03 Å². The van der Waals surface area contributed by atoms with Gasteiger partial charge in [-0.1, -0.05) is 30.3 Å². The third-order valence-corrected chi connectivity index (χ3v) is 3.40. The lowest BCUT2D eigenvalue weighted by molar-refractivity contribution is 0.174. The van der Waals surface area contributed by atoms with Crippen LogP contribution >= 0.6 is 0 Å². The molecule has 5 nitrogen and oxygen atoms in total. The van der Waals surface area contributed by atoms with Crippen molar-refractivity contribution < 1.29 is 14.3 Å². The molecule has 0 radical (unpaired) electrons. The summed E-state index contributed by atoms with van der Waals surface area (Å²) >= 11 is 0. The van der Waals surface area contributed by atoms with Crippen molar-refractivity contribution in [3.05, 3.63) is 54.1 Å². The normalized spacial score (nSPS) is 12.0. The highest BCUT2D eigenvalue weighted by atomic mass is 16.7. The lowest BCUT2D eigenvalue weighted by Gasteiger charge is -2.08. The topological polar surface area (TPSA) is 59.6 Å². The molecular formula is C17H18N2O3. The molecule has 0 spiro atoms. The van der Waals surface area contributed by atoms with E-state index in [1.807, 2.05) is 18.2 Å². The number of carbonyl (C=O) groups excluding carboxylic acids is 1. The summed E-state index contributed by atoms with van der Waals surface area (Å²) in [6.07, 6.45) is 1.85. The first-order valence-corrected chi connectivity index (χ1v) is 7.30. The van der Waals surface area contributed by atoms with E-state index in [9.17, 15) is 4.79 Å². The number of ether oxygens (including phenoxy) is 2. The van der Waals surface area contributed by atoms with Gasteiger partial charge in [0, 0.05) is 18.3 Å². The number of aryl methyl sites for hydroxylation is 1. The van der Waals surface area contributed by atoms with Crippen molar-refractivity contribution in [1.82, 2.24) is 5.32 Å². The van der Waals surface area contributed by atoms with Gasteiger partial charge in [0.1, 0.15) is 0 Å². The van der Waals surface area contributed by atoms with Crippen LogP contribution in [0.3, 0.4) is 0 Å². The Morgan fingerprint density at radius 1 is 1.05 bits per heavy atom. The number of anilines is 1. The second kappa shape index (κ2) is 6.85. The van der Waals surface area contributed by atoms with Crippen molar-refractivity contribution in [1.29, 1.82) is 0 Å². The van der Waals surface area contributed by atoms with Crippen LogP contribution in [0.1, 0.15) is 12.0 Å². The zero-order chi connectivity index (χ0) is 15.2. The molecule has 2 aromatic carbocycles. The lowest BCUT2D eigenvalue weighted by Crippen LogP contribution is -2.29. The summed E-state index contributed by atoms with van der Waals surface area (Å²) in [4.78, 5) is 11.8. The SMILES string of the molecule is O=C(NCCCc1ccccc1)Nc1ccc2c(c1)OCO2. The van der Waals surface area contributed by atoms with Crippen LogP contribution in [0.2, 0.25) is 0 Å². The zero-order valence-electron chi connectivity index (χ0n) is 12.2. The third kappa shape index (κ3) is 3.69. The molecular weight excluding hydrogens is 280 g/mol. The third-order valence-electron chi connectivity index (χ3n) is 3.40. The van der Waals surface area contributed by atoms with E-state index in [0.717, 1.165) is 12.8 Å². The van der Waals surface area contributed by atoms with E-state index < -0.39 is 0 Å². The summed E-state index contributed by atoms with van der Waals surface area (Å²) in [5, 5.41) is 5.63. The van der Waals surface area contributed by atoms with Crippen LogP contribution in [0.25, 0.3) is 0 Å². The molecule has 2 aromatic rings. The summed E-state index contributed by atoms with van der Waals surface area (Å²) in [5.74, 6) is 1.36.